The Hall–Kier alpha value is -2.38. The quantitative estimate of drug-likeness (QED) is 0.762. The van der Waals surface area contributed by atoms with Gasteiger partial charge in [-0.25, -0.2) is 14.6 Å². The van der Waals surface area contributed by atoms with Crippen LogP contribution in [0.1, 0.15) is 30.5 Å². The van der Waals surface area contributed by atoms with Crippen molar-refractivity contribution in [3.05, 3.63) is 26.7 Å². The van der Waals surface area contributed by atoms with E-state index in [0.717, 1.165) is 4.57 Å². The van der Waals surface area contributed by atoms with Crippen molar-refractivity contribution in [2.75, 3.05) is 0 Å². The first-order valence-corrected chi connectivity index (χ1v) is 5.29. The molecule has 0 amide bonds. The number of fused-ring (bicyclic) bond motifs is 1. The highest BCUT2D eigenvalue weighted by Gasteiger charge is 2.20. The Kier molecular flexibility index (Phi) is 2.57. The molecule has 0 bridgehead atoms. The zero-order valence-corrected chi connectivity index (χ0v) is 10.1. The predicted octanol–water partition coefficient (Wildman–Crippen LogP) is -0.298. The van der Waals surface area contributed by atoms with Crippen LogP contribution in [-0.2, 0) is 7.05 Å². The number of H-pyrrole nitrogens is 1. The summed E-state index contributed by atoms with van der Waals surface area (Å²) in [4.78, 5) is 40.4. The van der Waals surface area contributed by atoms with Gasteiger partial charge < -0.3 is 9.67 Å². The third-order valence-corrected chi connectivity index (χ3v) is 2.67. The molecular weight excluding hydrogens is 240 g/mol. The number of rotatable bonds is 2. The average Bonchev–Trinajstić information content (AvgIpc) is 2.55. The lowest BCUT2D eigenvalue weighted by Crippen LogP contribution is -2.31. The molecule has 2 rings (SSSR count). The summed E-state index contributed by atoms with van der Waals surface area (Å²) in [7, 11) is 1.42. The second-order valence-electron chi connectivity index (χ2n) is 4.19. The van der Waals surface area contributed by atoms with E-state index in [1.807, 2.05) is 0 Å². The van der Waals surface area contributed by atoms with Crippen molar-refractivity contribution < 1.29 is 9.90 Å². The molecule has 2 aromatic rings. The van der Waals surface area contributed by atoms with Crippen LogP contribution in [0.3, 0.4) is 0 Å². The van der Waals surface area contributed by atoms with Crippen LogP contribution in [0.4, 0.5) is 0 Å². The standard InChI is InChI=1S/C10H12N4O4/c1-4(2)14-6-5(8(15)12-10(14)18)13(3)7(11-6)9(16)17/h4H,1-3H3,(H,16,17)(H,12,15,18). The number of aromatic amines is 1. The number of nitrogens with one attached hydrogen (secondary N) is 1. The molecule has 96 valence electrons. The number of carbonyl (C=O) groups is 1. The van der Waals surface area contributed by atoms with Crippen LogP contribution in [-0.4, -0.2) is 30.2 Å². The van der Waals surface area contributed by atoms with E-state index in [-0.39, 0.29) is 23.0 Å². The van der Waals surface area contributed by atoms with Gasteiger partial charge in [0.1, 0.15) is 0 Å². The van der Waals surface area contributed by atoms with Crippen molar-refractivity contribution in [1.82, 2.24) is 19.1 Å². The maximum absolute atomic E-state index is 11.7. The summed E-state index contributed by atoms with van der Waals surface area (Å²) in [6.45, 7) is 3.49. The largest absolute Gasteiger partial charge is 0.475 e. The number of aromatic carboxylic acids is 1. The molecule has 2 heterocycles. The molecule has 8 nitrogen and oxygen atoms in total. The number of carboxylic acid groups (broad SMARTS) is 1. The lowest BCUT2D eigenvalue weighted by Gasteiger charge is -2.09. The average molecular weight is 252 g/mol. The fourth-order valence-corrected chi connectivity index (χ4v) is 1.89. The summed E-state index contributed by atoms with van der Waals surface area (Å²) in [5.74, 6) is -1.54. The zero-order valence-electron chi connectivity index (χ0n) is 10.1. The lowest BCUT2D eigenvalue weighted by atomic mass is 10.4. The molecular formula is C10H12N4O4. The molecule has 0 atom stereocenters. The maximum Gasteiger partial charge on any atom is 0.372 e. The predicted molar refractivity (Wildman–Crippen MR) is 62.9 cm³/mol. The molecule has 2 N–H and O–H groups in total. The molecule has 2 aromatic heterocycles. The zero-order chi connectivity index (χ0) is 13.6. The Bertz CT molecular complexity index is 750. The Labute approximate surface area is 101 Å². The van der Waals surface area contributed by atoms with Gasteiger partial charge in [0, 0.05) is 13.1 Å². The number of aryl methyl sites for hydroxylation is 1. The molecule has 0 aliphatic carbocycles. The van der Waals surface area contributed by atoms with E-state index in [0.29, 0.717) is 0 Å². The molecule has 0 aromatic carbocycles. The number of nitrogens with zero attached hydrogens (tertiary/aromatic N) is 3. The summed E-state index contributed by atoms with van der Waals surface area (Å²) in [6, 6.07) is -0.242. The lowest BCUT2D eigenvalue weighted by molar-refractivity contribution is 0.0680. The number of imidazole rings is 1. The van der Waals surface area contributed by atoms with Crippen molar-refractivity contribution in [3.8, 4) is 0 Å². The van der Waals surface area contributed by atoms with E-state index in [1.54, 1.807) is 13.8 Å². The van der Waals surface area contributed by atoms with Gasteiger partial charge in [-0.15, -0.1) is 0 Å². The summed E-state index contributed by atoms with van der Waals surface area (Å²) in [5.41, 5.74) is -1.09. The van der Waals surface area contributed by atoms with Gasteiger partial charge in [0.05, 0.1) is 0 Å². The minimum atomic E-state index is -1.25. The molecule has 0 aliphatic rings. The van der Waals surface area contributed by atoms with Crippen molar-refractivity contribution in [2.24, 2.45) is 7.05 Å². The molecule has 0 aliphatic heterocycles. The SMILES string of the molecule is CC(C)n1c(=O)[nH]c(=O)c2c1nc(C(=O)O)n2C. The second kappa shape index (κ2) is 3.83. The van der Waals surface area contributed by atoms with Gasteiger partial charge in [-0.2, -0.15) is 0 Å². The van der Waals surface area contributed by atoms with Crippen LogP contribution >= 0.6 is 0 Å². The Morgan fingerprint density at radius 2 is 2.00 bits per heavy atom. The van der Waals surface area contributed by atoms with E-state index >= 15 is 0 Å². The summed E-state index contributed by atoms with van der Waals surface area (Å²) >= 11 is 0. The fourth-order valence-electron chi connectivity index (χ4n) is 1.89. The van der Waals surface area contributed by atoms with Crippen LogP contribution in [0.5, 0.6) is 0 Å². The topological polar surface area (TPSA) is 110 Å². The highest BCUT2D eigenvalue weighted by atomic mass is 16.4. The van der Waals surface area contributed by atoms with E-state index in [2.05, 4.69) is 9.97 Å². The van der Waals surface area contributed by atoms with Crippen LogP contribution in [0.15, 0.2) is 9.59 Å². The normalized spacial score (nSPS) is 11.3. The van der Waals surface area contributed by atoms with E-state index < -0.39 is 17.2 Å². The van der Waals surface area contributed by atoms with Crippen molar-refractivity contribution in [2.45, 2.75) is 19.9 Å². The van der Waals surface area contributed by atoms with Gasteiger partial charge in [0.15, 0.2) is 11.2 Å². The molecule has 0 unspecified atom stereocenters. The van der Waals surface area contributed by atoms with Gasteiger partial charge in [-0.05, 0) is 13.8 Å². The first-order valence-electron chi connectivity index (χ1n) is 5.29. The van der Waals surface area contributed by atoms with Crippen molar-refractivity contribution in [3.63, 3.8) is 0 Å². The van der Waals surface area contributed by atoms with Crippen LogP contribution < -0.4 is 11.2 Å². The fraction of sp³-hybridized carbons (Fsp3) is 0.400. The van der Waals surface area contributed by atoms with Gasteiger partial charge in [0.2, 0.25) is 5.82 Å². The molecule has 18 heavy (non-hydrogen) atoms. The minimum absolute atomic E-state index is 0.0701. The third-order valence-electron chi connectivity index (χ3n) is 2.67. The number of aromatic nitrogens is 4. The molecule has 0 fully saturated rings. The minimum Gasteiger partial charge on any atom is -0.475 e. The first-order chi connectivity index (χ1) is 8.34. The Morgan fingerprint density at radius 1 is 1.39 bits per heavy atom. The summed E-state index contributed by atoms with van der Waals surface area (Å²) < 4.78 is 2.41. The summed E-state index contributed by atoms with van der Waals surface area (Å²) in [5, 5.41) is 8.97. The van der Waals surface area contributed by atoms with Gasteiger partial charge >= 0.3 is 11.7 Å². The van der Waals surface area contributed by atoms with E-state index in [1.165, 1.54) is 11.6 Å². The third kappa shape index (κ3) is 1.53. The monoisotopic (exact) mass is 252 g/mol. The first kappa shape index (κ1) is 12.1. The van der Waals surface area contributed by atoms with Crippen LogP contribution in [0, 0.1) is 0 Å². The van der Waals surface area contributed by atoms with E-state index in [9.17, 15) is 14.4 Å². The molecule has 8 heteroatoms. The number of hydrogen-bond donors (Lipinski definition) is 2. The summed E-state index contributed by atoms with van der Waals surface area (Å²) in [6.07, 6.45) is 0. The van der Waals surface area contributed by atoms with Crippen molar-refractivity contribution >= 4 is 17.1 Å². The number of hydrogen-bond acceptors (Lipinski definition) is 4. The smallest absolute Gasteiger partial charge is 0.372 e. The highest BCUT2D eigenvalue weighted by Crippen LogP contribution is 2.12. The van der Waals surface area contributed by atoms with Gasteiger partial charge in [-0.3, -0.25) is 14.3 Å². The van der Waals surface area contributed by atoms with Crippen LogP contribution in [0.2, 0.25) is 0 Å². The second-order valence-corrected chi connectivity index (χ2v) is 4.19. The van der Waals surface area contributed by atoms with E-state index in [4.69, 9.17) is 5.11 Å². The van der Waals surface area contributed by atoms with Gasteiger partial charge in [0.25, 0.3) is 5.56 Å². The maximum atomic E-state index is 11.7. The number of carboxylic acids is 1. The van der Waals surface area contributed by atoms with Crippen molar-refractivity contribution in [1.29, 1.82) is 0 Å². The van der Waals surface area contributed by atoms with Crippen LogP contribution in [0.25, 0.3) is 11.2 Å². The highest BCUT2D eigenvalue weighted by molar-refractivity contribution is 5.88. The molecule has 0 saturated carbocycles. The molecule has 0 radical (unpaired) electrons. The Morgan fingerprint density at radius 3 is 2.50 bits per heavy atom. The molecule has 0 saturated heterocycles. The van der Waals surface area contributed by atoms with Gasteiger partial charge in [-0.1, -0.05) is 0 Å². The Balaban J connectivity index is 3.05. The molecule has 0 spiro atoms.